The summed E-state index contributed by atoms with van der Waals surface area (Å²) in [4.78, 5) is 2.39. The fourth-order valence-electron chi connectivity index (χ4n) is 3.05. The Kier molecular flexibility index (Phi) is 5.00. The molecule has 1 saturated heterocycles. The van der Waals surface area contributed by atoms with E-state index >= 15 is 0 Å². The Hall–Kier alpha value is -1.13. The molecule has 1 fully saturated rings. The number of phenolic OH excluding ortho intramolecular Hbond substituents is 1. The van der Waals surface area contributed by atoms with Crippen molar-refractivity contribution in [3.05, 3.63) is 29.6 Å². The normalized spacial score (nSPS) is 25.6. The van der Waals surface area contributed by atoms with Crippen LogP contribution in [-0.2, 0) is 0 Å². The molecule has 0 amide bonds. The molecule has 0 aliphatic carbocycles. The lowest BCUT2D eigenvalue weighted by Crippen LogP contribution is -2.56. The highest BCUT2D eigenvalue weighted by molar-refractivity contribution is 5.29. The van der Waals surface area contributed by atoms with Gasteiger partial charge in [-0.05, 0) is 25.8 Å². The highest BCUT2D eigenvalue weighted by Gasteiger charge is 2.30. The Morgan fingerprint density at radius 1 is 1.40 bits per heavy atom. The molecular formula is C16H25FN2O. The number of nitrogens with one attached hydrogen (secondary N) is 1. The summed E-state index contributed by atoms with van der Waals surface area (Å²) >= 11 is 0. The van der Waals surface area contributed by atoms with Gasteiger partial charge in [-0.1, -0.05) is 19.9 Å². The lowest BCUT2D eigenvalue weighted by atomic mass is 9.98. The van der Waals surface area contributed by atoms with Gasteiger partial charge in [0.05, 0.1) is 0 Å². The van der Waals surface area contributed by atoms with E-state index in [2.05, 4.69) is 31.0 Å². The zero-order valence-electron chi connectivity index (χ0n) is 12.6. The number of aromatic hydroxyl groups is 1. The van der Waals surface area contributed by atoms with Gasteiger partial charge in [-0.2, -0.15) is 0 Å². The van der Waals surface area contributed by atoms with Gasteiger partial charge in [-0.3, -0.25) is 4.90 Å². The summed E-state index contributed by atoms with van der Waals surface area (Å²) < 4.78 is 14.1. The van der Waals surface area contributed by atoms with E-state index < -0.39 is 0 Å². The Morgan fingerprint density at radius 3 is 2.75 bits per heavy atom. The summed E-state index contributed by atoms with van der Waals surface area (Å²) in [5.41, 5.74) is 0.665. The van der Waals surface area contributed by atoms with Crippen LogP contribution in [0, 0.1) is 5.82 Å². The molecule has 3 atom stereocenters. The van der Waals surface area contributed by atoms with Gasteiger partial charge in [-0.15, -0.1) is 0 Å². The molecule has 1 aromatic carbocycles. The summed E-state index contributed by atoms with van der Waals surface area (Å²) in [7, 11) is 0. The van der Waals surface area contributed by atoms with E-state index in [1.807, 2.05) is 0 Å². The van der Waals surface area contributed by atoms with Crippen LogP contribution in [0.3, 0.4) is 0 Å². The molecule has 4 heteroatoms. The average molecular weight is 280 g/mol. The van der Waals surface area contributed by atoms with Crippen LogP contribution in [0.25, 0.3) is 0 Å². The molecule has 0 saturated carbocycles. The molecule has 0 spiro atoms. The van der Waals surface area contributed by atoms with Crippen LogP contribution in [-0.4, -0.2) is 35.2 Å². The monoisotopic (exact) mass is 280 g/mol. The number of halogens is 1. The standard InChI is InChI=1S/C16H25FN2O/c1-4-12-10-19(13(5-2)9-18-12)11(3)15-7-6-14(20)8-16(15)17/h6-8,11-13,18,20H,4-5,9-10H2,1-3H3. The summed E-state index contributed by atoms with van der Waals surface area (Å²) in [5, 5.41) is 12.9. The largest absolute Gasteiger partial charge is 0.508 e. The van der Waals surface area contributed by atoms with Crippen LogP contribution in [0.2, 0.25) is 0 Å². The van der Waals surface area contributed by atoms with Gasteiger partial charge >= 0.3 is 0 Å². The first-order valence-corrected chi connectivity index (χ1v) is 7.54. The molecule has 0 aromatic heterocycles. The molecule has 2 N–H and O–H groups in total. The molecule has 0 bridgehead atoms. The van der Waals surface area contributed by atoms with Crippen LogP contribution in [0.1, 0.15) is 45.2 Å². The summed E-state index contributed by atoms with van der Waals surface area (Å²) in [6.07, 6.45) is 2.13. The third kappa shape index (κ3) is 3.13. The predicted octanol–water partition coefficient (Wildman–Crippen LogP) is 3.05. The molecule has 112 valence electrons. The van der Waals surface area contributed by atoms with Crippen LogP contribution >= 0.6 is 0 Å². The minimum atomic E-state index is -0.320. The lowest BCUT2D eigenvalue weighted by Gasteiger charge is -2.43. The quantitative estimate of drug-likeness (QED) is 0.890. The van der Waals surface area contributed by atoms with Crippen molar-refractivity contribution in [3.8, 4) is 5.75 Å². The fraction of sp³-hybridized carbons (Fsp3) is 0.625. The second-order valence-corrected chi connectivity index (χ2v) is 5.65. The molecule has 2 rings (SSSR count). The molecule has 3 unspecified atom stereocenters. The van der Waals surface area contributed by atoms with Crippen molar-refractivity contribution in [1.82, 2.24) is 10.2 Å². The molecule has 1 heterocycles. The number of rotatable bonds is 4. The van der Waals surface area contributed by atoms with E-state index in [9.17, 15) is 9.50 Å². The Labute approximate surface area is 120 Å². The van der Waals surface area contributed by atoms with Gasteiger partial charge in [0.1, 0.15) is 11.6 Å². The van der Waals surface area contributed by atoms with Crippen molar-refractivity contribution in [2.45, 2.75) is 51.7 Å². The van der Waals surface area contributed by atoms with E-state index in [-0.39, 0.29) is 17.6 Å². The molecule has 1 aliphatic rings. The minimum Gasteiger partial charge on any atom is -0.508 e. The molecule has 0 radical (unpaired) electrons. The second kappa shape index (κ2) is 6.55. The summed E-state index contributed by atoms with van der Waals surface area (Å²) in [5.74, 6) is -0.337. The van der Waals surface area contributed by atoms with Crippen molar-refractivity contribution in [1.29, 1.82) is 0 Å². The topological polar surface area (TPSA) is 35.5 Å². The van der Waals surface area contributed by atoms with E-state index in [4.69, 9.17) is 0 Å². The minimum absolute atomic E-state index is 0.0164. The maximum Gasteiger partial charge on any atom is 0.131 e. The lowest BCUT2D eigenvalue weighted by molar-refractivity contribution is 0.0834. The van der Waals surface area contributed by atoms with Crippen molar-refractivity contribution < 1.29 is 9.50 Å². The Bertz CT molecular complexity index is 452. The maximum atomic E-state index is 14.1. The van der Waals surface area contributed by atoms with Gasteiger partial charge in [-0.25, -0.2) is 4.39 Å². The first-order chi connectivity index (χ1) is 9.56. The van der Waals surface area contributed by atoms with Crippen molar-refractivity contribution >= 4 is 0 Å². The number of phenols is 1. The Morgan fingerprint density at radius 2 is 2.15 bits per heavy atom. The van der Waals surface area contributed by atoms with Crippen LogP contribution in [0.4, 0.5) is 4.39 Å². The average Bonchev–Trinajstić information content (AvgIpc) is 2.46. The SMILES string of the molecule is CCC1CN(C(C)c2ccc(O)cc2F)C(CC)CN1. The molecule has 20 heavy (non-hydrogen) atoms. The summed E-state index contributed by atoms with van der Waals surface area (Å²) in [6, 6.07) is 5.39. The zero-order chi connectivity index (χ0) is 14.7. The number of hydrogen-bond donors (Lipinski definition) is 2. The molecule has 1 aromatic rings. The van der Waals surface area contributed by atoms with Crippen molar-refractivity contribution in [2.24, 2.45) is 0 Å². The fourth-order valence-corrected chi connectivity index (χ4v) is 3.05. The predicted molar refractivity (Wildman–Crippen MR) is 79.3 cm³/mol. The number of benzene rings is 1. The highest BCUT2D eigenvalue weighted by atomic mass is 19.1. The van der Waals surface area contributed by atoms with Gasteiger partial charge in [0.2, 0.25) is 0 Å². The number of hydrogen-bond acceptors (Lipinski definition) is 3. The van der Waals surface area contributed by atoms with E-state index in [0.29, 0.717) is 17.6 Å². The van der Waals surface area contributed by atoms with Gasteiger partial charge in [0, 0.05) is 42.8 Å². The summed E-state index contributed by atoms with van der Waals surface area (Å²) in [6.45, 7) is 8.30. The molecular weight excluding hydrogens is 255 g/mol. The van der Waals surface area contributed by atoms with E-state index in [1.54, 1.807) is 12.1 Å². The highest BCUT2D eigenvalue weighted by Crippen LogP contribution is 2.29. The van der Waals surface area contributed by atoms with Gasteiger partial charge < -0.3 is 10.4 Å². The zero-order valence-corrected chi connectivity index (χ0v) is 12.6. The first kappa shape index (κ1) is 15.3. The number of piperazine rings is 1. The van der Waals surface area contributed by atoms with Crippen molar-refractivity contribution in [3.63, 3.8) is 0 Å². The van der Waals surface area contributed by atoms with Crippen molar-refractivity contribution in [2.75, 3.05) is 13.1 Å². The van der Waals surface area contributed by atoms with Gasteiger partial charge in [0.25, 0.3) is 0 Å². The number of nitrogens with zero attached hydrogens (tertiary/aromatic N) is 1. The van der Waals surface area contributed by atoms with Crippen LogP contribution < -0.4 is 5.32 Å². The maximum absolute atomic E-state index is 14.1. The smallest absolute Gasteiger partial charge is 0.131 e. The van der Waals surface area contributed by atoms with E-state index in [0.717, 1.165) is 25.9 Å². The van der Waals surface area contributed by atoms with E-state index in [1.165, 1.54) is 6.07 Å². The molecule has 3 nitrogen and oxygen atoms in total. The second-order valence-electron chi connectivity index (χ2n) is 5.65. The molecule has 1 aliphatic heterocycles. The third-order valence-corrected chi connectivity index (χ3v) is 4.44. The first-order valence-electron chi connectivity index (χ1n) is 7.54. The Balaban J connectivity index is 2.21. The van der Waals surface area contributed by atoms with Gasteiger partial charge in [0.15, 0.2) is 0 Å². The third-order valence-electron chi connectivity index (χ3n) is 4.44. The van der Waals surface area contributed by atoms with Crippen LogP contribution in [0.5, 0.6) is 5.75 Å². The van der Waals surface area contributed by atoms with Crippen LogP contribution in [0.15, 0.2) is 18.2 Å².